The van der Waals surface area contributed by atoms with E-state index in [1.165, 1.54) is 0 Å². The lowest BCUT2D eigenvalue weighted by Crippen LogP contribution is -2.47. The Balaban J connectivity index is 1.98. The van der Waals surface area contributed by atoms with Gasteiger partial charge in [0.25, 0.3) is 0 Å². The molecule has 5 heteroatoms. The van der Waals surface area contributed by atoms with Gasteiger partial charge in [-0.3, -0.25) is 0 Å². The third-order valence-electron chi connectivity index (χ3n) is 4.90. The molecule has 0 radical (unpaired) electrons. The van der Waals surface area contributed by atoms with E-state index >= 15 is 0 Å². The highest BCUT2D eigenvalue weighted by Crippen LogP contribution is 2.43. The van der Waals surface area contributed by atoms with Gasteiger partial charge in [0.05, 0.1) is 4.90 Å². The summed E-state index contributed by atoms with van der Waals surface area (Å²) in [5.74, 6) is 0.841. The standard InChI is InChI=1S/C15H22N2O2S/c1-11-4-6-13(7-5-11)20(18,19)17-10-12-8-16-9-14(12)15(17,2)3/h4-7,12,14,16H,8-10H2,1-3H3. The summed E-state index contributed by atoms with van der Waals surface area (Å²) in [4.78, 5) is 0.407. The molecular formula is C15H22N2O2S. The summed E-state index contributed by atoms with van der Waals surface area (Å²) in [7, 11) is -3.40. The molecule has 2 fully saturated rings. The smallest absolute Gasteiger partial charge is 0.243 e. The molecule has 3 rings (SSSR count). The number of aryl methyl sites for hydroxylation is 1. The fraction of sp³-hybridized carbons (Fsp3) is 0.600. The first-order chi connectivity index (χ1) is 9.33. The fourth-order valence-corrected chi connectivity index (χ4v) is 5.51. The van der Waals surface area contributed by atoms with E-state index in [0.717, 1.165) is 18.7 Å². The van der Waals surface area contributed by atoms with Gasteiger partial charge in [-0.25, -0.2) is 8.42 Å². The summed E-state index contributed by atoms with van der Waals surface area (Å²) < 4.78 is 27.5. The summed E-state index contributed by atoms with van der Waals surface area (Å²) in [6, 6.07) is 7.15. The van der Waals surface area contributed by atoms with Crippen LogP contribution in [0.5, 0.6) is 0 Å². The molecule has 4 nitrogen and oxygen atoms in total. The third-order valence-corrected chi connectivity index (χ3v) is 6.97. The molecule has 0 saturated carbocycles. The molecule has 0 spiro atoms. The topological polar surface area (TPSA) is 49.4 Å². The fourth-order valence-electron chi connectivity index (χ4n) is 3.63. The number of fused-ring (bicyclic) bond motifs is 1. The van der Waals surface area contributed by atoms with E-state index in [2.05, 4.69) is 19.2 Å². The summed E-state index contributed by atoms with van der Waals surface area (Å²) in [6.45, 7) is 8.53. The van der Waals surface area contributed by atoms with Gasteiger partial charge in [0.1, 0.15) is 0 Å². The van der Waals surface area contributed by atoms with Crippen molar-refractivity contribution < 1.29 is 8.42 Å². The second kappa shape index (κ2) is 4.55. The van der Waals surface area contributed by atoms with Crippen LogP contribution in [0.3, 0.4) is 0 Å². The minimum Gasteiger partial charge on any atom is -0.316 e. The molecule has 1 N–H and O–H groups in total. The first kappa shape index (κ1) is 14.0. The highest BCUT2D eigenvalue weighted by atomic mass is 32.2. The number of rotatable bonds is 2. The number of nitrogens with one attached hydrogen (secondary N) is 1. The van der Waals surface area contributed by atoms with Crippen molar-refractivity contribution in [2.24, 2.45) is 11.8 Å². The highest BCUT2D eigenvalue weighted by Gasteiger charge is 2.53. The molecule has 2 atom stereocenters. The maximum atomic E-state index is 12.9. The largest absolute Gasteiger partial charge is 0.316 e. The van der Waals surface area contributed by atoms with Crippen molar-refractivity contribution in [1.82, 2.24) is 9.62 Å². The second-order valence-corrected chi connectivity index (χ2v) is 8.39. The van der Waals surface area contributed by atoms with E-state index in [-0.39, 0.29) is 5.54 Å². The van der Waals surface area contributed by atoms with Crippen LogP contribution in [0.2, 0.25) is 0 Å². The van der Waals surface area contributed by atoms with Crippen LogP contribution in [0, 0.1) is 18.8 Å². The van der Waals surface area contributed by atoms with E-state index in [9.17, 15) is 8.42 Å². The van der Waals surface area contributed by atoms with Gasteiger partial charge >= 0.3 is 0 Å². The van der Waals surface area contributed by atoms with Crippen LogP contribution in [0.25, 0.3) is 0 Å². The van der Waals surface area contributed by atoms with E-state index in [1.807, 2.05) is 19.1 Å². The van der Waals surface area contributed by atoms with Gasteiger partial charge in [0.15, 0.2) is 0 Å². The monoisotopic (exact) mass is 294 g/mol. The molecule has 2 heterocycles. The molecule has 1 aromatic carbocycles. The summed E-state index contributed by atoms with van der Waals surface area (Å²) in [5, 5.41) is 3.38. The number of benzene rings is 1. The zero-order valence-corrected chi connectivity index (χ0v) is 13.1. The van der Waals surface area contributed by atoms with Gasteiger partial charge in [0.2, 0.25) is 10.0 Å². The van der Waals surface area contributed by atoms with E-state index in [1.54, 1.807) is 16.4 Å². The minimum atomic E-state index is -3.40. The number of hydrogen-bond acceptors (Lipinski definition) is 3. The number of hydrogen-bond donors (Lipinski definition) is 1. The molecule has 0 aliphatic carbocycles. The Morgan fingerprint density at radius 3 is 2.45 bits per heavy atom. The first-order valence-electron chi connectivity index (χ1n) is 7.14. The van der Waals surface area contributed by atoms with Crippen LogP contribution in [0.1, 0.15) is 19.4 Å². The second-order valence-electron chi connectivity index (χ2n) is 6.53. The van der Waals surface area contributed by atoms with Gasteiger partial charge < -0.3 is 5.32 Å². The highest BCUT2D eigenvalue weighted by molar-refractivity contribution is 7.89. The Bertz CT molecular complexity index is 607. The van der Waals surface area contributed by atoms with Gasteiger partial charge in [-0.05, 0) is 51.3 Å². The molecule has 2 saturated heterocycles. The van der Waals surface area contributed by atoms with Crippen molar-refractivity contribution in [1.29, 1.82) is 0 Å². The zero-order chi connectivity index (χ0) is 14.5. The normalized spacial score (nSPS) is 29.6. The van der Waals surface area contributed by atoms with Gasteiger partial charge in [0, 0.05) is 18.6 Å². The lowest BCUT2D eigenvalue weighted by molar-refractivity contribution is 0.233. The van der Waals surface area contributed by atoms with Gasteiger partial charge in [-0.2, -0.15) is 4.31 Å². The van der Waals surface area contributed by atoms with Crippen molar-refractivity contribution >= 4 is 10.0 Å². The maximum absolute atomic E-state index is 12.9. The van der Waals surface area contributed by atoms with Crippen LogP contribution in [0.15, 0.2) is 29.2 Å². The third kappa shape index (κ3) is 2.00. The van der Waals surface area contributed by atoms with Gasteiger partial charge in [-0.1, -0.05) is 17.7 Å². The van der Waals surface area contributed by atoms with Crippen LogP contribution in [-0.2, 0) is 10.0 Å². The molecule has 1 aromatic rings. The van der Waals surface area contributed by atoms with Crippen molar-refractivity contribution in [2.45, 2.75) is 31.2 Å². The predicted octanol–water partition coefficient (Wildman–Crippen LogP) is 1.61. The summed E-state index contributed by atoms with van der Waals surface area (Å²) in [6.07, 6.45) is 0. The minimum absolute atomic E-state index is 0.322. The molecule has 0 aromatic heterocycles. The Morgan fingerprint density at radius 1 is 1.20 bits per heavy atom. The van der Waals surface area contributed by atoms with Crippen LogP contribution in [-0.4, -0.2) is 37.9 Å². The molecule has 20 heavy (non-hydrogen) atoms. The van der Waals surface area contributed by atoms with Gasteiger partial charge in [-0.15, -0.1) is 0 Å². The predicted molar refractivity (Wildman–Crippen MR) is 79.0 cm³/mol. The van der Waals surface area contributed by atoms with Crippen LogP contribution >= 0.6 is 0 Å². The van der Waals surface area contributed by atoms with E-state index in [4.69, 9.17) is 0 Å². The molecule has 2 aliphatic rings. The van der Waals surface area contributed by atoms with Crippen molar-refractivity contribution in [2.75, 3.05) is 19.6 Å². The quantitative estimate of drug-likeness (QED) is 0.901. The zero-order valence-electron chi connectivity index (χ0n) is 12.3. The first-order valence-corrected chi connectivity index (χ1v) is 8.58. The summed E-state index contributed by atoms with van der Waals surface area (Å²) >= 11 is 0. The lowest BCUT2D eigenvalue weighted by atomic mass is 9.85. The van der Waals surface area contributed by atoms with E-state index < -0.39 is 10.0 Å². The lowest BCUT2D eigenvalue weighted by Gasteiger charge is -2.34. The van der Waals surface area contributed by atoms with Crippen molar-refractivity contribution in [3.8, 4) is 0 Å². The average molecular weight is 294 g/mol. The number of nitrogens with zero attached hydrogens (tertiary/aromatic N) is 1. The Morgan fingerprint density at radius 2 is 1.85 bits per heavy atom. The summed E-state index contributed by atoms with van der Waals surface area (Å²) in [5.41, 5.74) is 0.753. The van der Waals surface area contributed by atoms with Crippen LogP contribution < -0.4 is 5.32 Å². The van der Waals surface area contributed by atoms with Crippen LogP contribution in [0.4, 0.5) is 0 Å². The SMILES string of the molecule is Cc1ccc(S(=O)(=O)N2CC3CNCC3C2(C)C)cc1. The van der Waals surface area contributed by atoms with E-state index in [0.29, 0.717) is 23.3 Å². The molecule has 2 unspecified atom stereocenters. The van der Waals surface area contributed by atoms with Crippen molar-refractivity contribution in [3.05, 3.63) is 29.8 Å². The Kier molecular flexibility index (Phi) is 3.19. The molecule has 110 valence electrons. The average Bonchev–Trinajstić information content (AvgIpc) is 2.93. The Labute approximate surface area is 121 Å². The molecule has 0 amide bonds. The molecule has 0 bridgehead atoms. The maximum Gasteiger partial charge on any atom is 0.243 e. The van der Waals surface area contributed by atoms with Crippen molar-refractivity contribution in [3.63, 3.8) is 0 Å². The molecular weight excluding hydrogens is 272 g/mol. The number of sulfonamides is 1. The Hall–Kier alpha value is -0.910. The molecule has 2 aliphatic heterocycles.